The van der Waals surface area contributed by atoms with Crippen molar-refractivity contribution in [1.82, 2.24) is 20.4 Å². The molecular weight excluding hydrogens is 871 g/mol. The summed E-state index contributed by atoms with van der Waals surface area (Å²) in [7, 11) is -8.07. The molecule has 346 valence electrons. The van der Waals surface area contributed by atoms with E-state index in [1.807, 2.05) is 121 Å². The fraction of sp³-hybridized carbons (Fsp3) is 0.385. The topological polar surface area (TPSA) is 136 Å². The molecule has 2 amide bonds. The lowest BCUT2D eigenvalue weighted by Gasteiger charge is -2.48. The van der Waals surface area contributed by atoms with E-state index in [1.165, 1.54) is 0 Å². The molecule has 0 aromatic heterocycles. The number of fused-ring (bicyclic) bond motifs is 6. The fourth-order valence-corrected chi connectivity index (χ4v) is 14.4. The summed E-state index contributed by atoms with van der Waals surface area (Å²) in [6, 6.07) is 44.6. The molecule has 6 fully saturated rings. The van der Waals surface area contributed by atoms with Crippen LogP contribution < -0.4 is 10.6 Å². The first-order chi connectivity index (χ1) is 32.2. The summed E-state index contributed by atoms with van der Waals surface area (Å²) in [5, 5.41) is 6.32. The Bertz CT molecular complexity index is 2190. The molecule has 6 aliphatic rings. The smallest absolute Gasteiger partial charge is 0.338 e. The van der Waals surface area contributed by atoms with E-state index in [2.05, 4.69) is 20.4 Å². The summed E-state index contributed by atoms with van der Waals surface area (Å²) in [5.74, 6) is -2.66. The molecule has 2 unspecified atom stereocenters. The zero-order valence-electron chi connectivity index (χ0n) is 37.3. The van der Waals surface area contributed by atoms with Crippen LogP contribution in [0.5, 0.6) is 0 Å². The van der Waals surface area contributed by atoms with Crippen LogP contribution >= 0.6 is 15.2 Å². The highest BCUT2D eigenvalue weighted by Gasteiger charge is 2.51. The summed E-state index contributed by atoms with van der Waals surface area (Å²) < 4.78 is 56.2. The number of hydrogen-bond donors (Lipinski definition) is 2. The van der Waals surface area contributed by atoms with E-state index in [0.717, 1.165) is 74.1 Å². The predicted molar refractivity (Wildman–Crippen MR) is 254 cm³/mol. The van der Waals surface area contributed by atoms with E-state index >= 15 is 9.13 Å². The second-order valence-corrected chi connectivity index (χ2v) is 22.4. The molecule has 5 aromatic rings. The van der Waals surface area contributed by atoms with E-state index in [1.54, 1.807) is 24.3 Å². The molecule has 6 saturated heterocycles. The Morgan fingerprint density at radius 2 is 0.727 bits per heavy atom. The summed E-state index contributed by atoms with van der Waals surface area (Å²) in [5.41, 5.74) is 3.93. The highest BCUT2D eigenvalue weighted by Crippen LogP contribution is 2.60. The van der Waals surface area contributed by atoms with Crippen LogP contribution in [0, 0.1) is 23.7 Å². The fourth-order valence-electron chi connectivity index (χ4n) is 10.1. The third kappa shape index (κ3) is 11.3. The third-order valence-electron chi connectivity index (χ3n) is 13.9. The van der Waals surface area contributed by atoms with Crippen molar-refractivity contribution in [1.29, 1.82) is 0 Å². The van der Waals surface area contributed by atoms with Crippen LogP contribution in [-0.2, 0) is 53.7 Å². The molecule has 4 atom stereocenters. The number of rotatable bonds is 20. The lowest BCUT2D eigenvalue weighted by atomic mass is 9.79. The molecule has 0 radical (unpaired) electrons. The Morgan fingerprint density at radius 1 is 0.455 bits per heavy atom. The van der Waals surface area contributed by atoms with Crippen molar-refractivity contribution in [2.75, 3.05) is 39.3 Å². The van der Waals surface area contributed by atoms with Crippen LogP contribution in [0.4, 0.5) is 0 Å². The van der Waals surface area contributed by atoms with Gasteiger partial charge < -0.3 is 38.5 Å². The second kappa shape index (κ2) is 21.5. The summed E-state index contributed by atoms with van der Waals surface area (Å²) in [4.78, 5) is 33.5. The Labute approximate surface area is 388 Å². The van der Waals surface area contributed by atoms with Crippen LogP contribution in [0.25, 0.3) is 0 Å². The minimum Gasteiger partial charge on any atom is -0.338 e. The average Bonchev–Trinajstić information content (AvgIpc) is 3.39. The number of carbonyl (C=O) groups excluding carboxylic acids is 2. The van der Waals surface area contributed by atoms with E-state index in [9.17, 15) is 9.59 Å². The van der Waals surface area contributed by atoms with Crippen LogP contribution in [0.3, 0.4) is 0 Å². The first kappa shape index (κ1) is 46.4. The number of nitrogens with one attached hydrogen (secondary N) is 2. The maximum Gasteiger partial charge on any atom is 0.353 e. The molecule has 6 aliphatic heterocycles. The normalized spacial score (nSPS) is 23.5. The van der Waals surface area contributed by atoms with Gasteiger partial charge >= 0.3 is 15.2 Å². The van der Waals surface area contributed by atoms with E-state index in [4.69, 9.17) is 18.1 Å². The van der Waals surface area contributed by atoms with Gasteiger partial charge in [0, 0.05) is 36.1 Å². The van der Waals surface area contributed by atoms with Crippen LogP contribution in [0.1, 0.15) is 68.7 Å². The first-order valence-corrected chi connectivity index (χ1v) is 26.5. The Hall–Kier alpha value is -4.74. The van der Waals surface area contributed by atoms with Gasteiger partial charge in [0.2, 0.25) is 0 Å². The highest BCUT2D eigenvalue weighted by atomic mass is 31.2. The minimum atomic E-state index is -4.04. The van der Waals surface area contributed by atoms with Crippen LogP contribution in [0.15, 0.2) is 146 Å². The maximum absolute atomic E-state index is 15.4. The molecule has 0 spiro atoms. The number of hydrogen-bond acceptors (Lipinski definition) is 10. The average molecular weight is 931 g/mol. The summed E-state index contributed by atoms with van der Waals surface area (Å²) >= 11 is 0. The van der Waals surface area contributed by atoms with Crippen molar-refractivity contribution in [3.05, 3.63) is 179 Å². The molecule has 0 aliphatic carbocycles. The third-order valence-corrected chi connectivity index (χ3v) is 18.2. The van der Waals surface area contributed by atoms with Crippen molar-refractivity contribution in [3.8, 4) is 0 Å². The molecule has 5 aromatic carbocycles. The standard InChI is InChI=1S/C52H60N4O8P2/c57-49(53-51(47-33-55-29-25-43(47)26-30-55)65(59,61-35-39-13-5-1-6-14-39)62-36-40-15-7-2-8-16-40)45-21-23-46(24-22-45)50(58)54-52(48-34-56-31-27-44(48)28-32-56)66(60,63-37-41-17-9-3-10-18-41)64-38-42-19-11-4-12-20-42/h1-24,43-44,47-48,51-52H,25-38H2,(H,53,57)(H,54,58)/t47-,48-,51?,52?/m0/s1. The molecule has 6 heterocycles. The Kier molecular flexibility index (Phi) is 15.1. The lowest BCUT2D eigenvalue weighted by Crippen LogP contribution is -2.55. The molecule has 11 rings (SSSR count). The lowest BCUT2D eigenvalue weighted by molar-refractivity contribution is 0.0344. The number of benzene rings is 5. The zero-order chi connectivity index (χ0) is 45.4. The Balaban J connectivity index is 0.967. The number of piperidine rings is 6. The molecule has 66 heavy (non-hydrogen) atoms. The highest BCUT2D eigenvalue weighted by molar-refractivity contribution is 7.55. The maximum atomic E-state index is 15.4. The van der Waals surface area contributed by atoms with Gasteiger partial charge in [0.25, 0.3) is 11.8 Å². The molecule has 14 heteroatoms. The van der Waals surface area contributed by atoms with Crippen molar-refractivity contribution >= 4 is 27.0 Å². The summed E-state index contributed by atoms with van der Waals surface area (Å²) in [6.07, 6.45) is 3.72. The van der Waals surface area contributed by atoms with E-state index in [0.29, 0.717) is 13.1 Å². The monoisotopic (exact) mass is 930 g/mol. The molecular formula is C52H60N4O8P2. The van der Waals surface area contributed by atoms with Gasteiger partial charge in [-0.15, -0.1) is 0 Å². The van der Waals surface area contributed by atoms with Gasteiger partial charge in [-0.25, -0.2) is 0 Å². The van der Waals surface area contributed by atoms with Crippen molar-refractivity contribution in [2.24, 2.45) is 23.7 Å². The molecule has 12 nitrogen and oxygen atoms in total. The minimum absolute atomic E-state index is 0.0480. The summed E-state index contributed by atoms with van der Waals surface area (Å²) in [6.45, 7) is 5.35. The second-order valence-electron chi connectivity index (χ2n) is 18.1. The number of amides is 2. The van der Waals surface area contributed by atoms with E-state index in [-0.39, 0.29) is 61.2 Å². The van der Waals surface area contributed by atoms with Crippen LogP contribution in [0.2, 0.25) is 0 Å². The first-order valence-electron chi connectivity index (χ1n) is 23.3. The van der Waals surface area contributed by atoms with Gasteiger partial charge in [-0.2, -0.15) is 0 Å². The number of nitrogens with zero attached hydrogens (tertiary/aromatic N) is 2. The molecule has 4 bridgehead atoms. The van der Waals surface area contributed by atoms with Gasteiger partial charge in [-0.1, -0.05) is 121 Å². The van der Waals surface area contributed by atoms with Gasteiger partial charge in [-0.05, 0) is 110 Å². The van der Waals surface area contributed by atoms with Crippen molar-refractivity contribution in [2.45, 2.75) is 63.7 Å². The van der Waals surface area contributed by atoms with Gasteiger partial charge in [0.05, 0.1) is 26.4 Å². The number of carbonyl (C=O) groups is 2. The molecule has 0 saturated carbocycles. The van der Waals surface area contributed by atoms with Gasteiger partial charge in [0.15, 0.2) is 0 Å². The predicted octanol–water partition coefficient (Wildman–Crippen LogP) is 9.74. The van der Waals surface area contributed by atoms with Gasteiger partial charge in [0.1, 0.15) is 11.6 Å². The van der Waals surface area contributed by atoms with Crippen molar-refractivity contribution < 1.29 is 36.8 Å². The van der Waals surface area contributed by atoms with Crippen molar-refractivity contribution in [3.63, 3.8) is 0 Å². The quantitative estimate of drug-likeness (QED) is 0.0727. The molecule has 2 N–H and O–H groups in total. The largest absolute Gasteiger partial charge is 0.353 e. The SMILES string of the molecule is O=C(NC([C@H]1CN2CCC1CC2)P(=O)(OCc1ccccc1)OCc1ccccc1)c1ccc(C(=O)NC([C@H]2CN3CCC2CC3)P(=O)(OCc2ccccc2)OCc2ccccc2)cc1. The zero-order valence-corrected chi connectivity index (χ0v) is 39.1. The van der Waals surface area contributed by atoms with E-state index < -0.39 is 38.6 Å². The van der Waals surface area contributed by atoms with Gasteiger partial charge in [-0.3, -0.25) is 18.7 Å². The van der Waals surface area contributed by atoms with Crippen LogP contribution in [-0.4, -0.2) is 72.4 Å². The Morgan fingerprint density at radius 3 is 0.970 bits per heavy atom.